The molecule has 0 aliphatic heterocycles. The van der Waals surface area contributed by atoms with Gasteiger partial charge in [0, 0.05) is 12.5 Å². The Hall–Kier alpha value is -1.32. The van der Waals surface area contributed by atoms with Gasteiger partial charge < -0.3 is 10.2 Å². The molecule has 0 saturated carbocycles. The highest BCUT2D eigenvalue weighted by molar-refractivity contribution is 6.30. The maximum atomic E-state index is 13.0. The number of nitrogens with two attached hydrogens (primary N) is 1. The third-order valence-electron chi connectivity index (χ3n) is 2.82. The van der Waals surface area contributed by atoms with Crippen molar-refractivity contribution in [3.05, 3.63) is 58.8 Å². The SMILES string of the molecule is NC(CCc1ccco1)Cc1ccc(F)c(Cl)c1. The summed E-state index contributed by atoms with van der Waals surface area (Å²) in [5.74, 6) is 0.534. The van der Waals surface area contributed by atoms with Crippen LogP contribution in [-0.4, -0.2) is 6.04 Å². The molecule has 0 aliphatic rings. The first-order valence-electron chi connectivity index (χ1n) is 5.87. The molecule has 2 N–H and O–H groups in total. The summed E-state index contributed by atoms with van der Waals surface area (Å²) in [5.41, 5.74) is 6.98. The van der Waals surface area contributed by atoms with Crippen LogP contribution in [0.3, 0.4) is 0 Å². The smallest absolute Gasteiger partial charge is 0.141 e. The van der Waals surface area contributed by atoms with E-state index >= 15 is 0 Å². The van der Waals surface area contributed by atoms with Gasteiger partial charge in [-0.15, -0.1) is 0 Å². The summed E-state index contributed by atoms with van der Waals surface area (Å²) in [7, 11) is 0. The molecular weight excluding hydrogens is 253 g/mol. The fourth-order valence-electron chi connectivity index (χ4n) is 1.85. The lowest BCUT2D eigenvalue weighted by Gasteiger charge is -2.11. The first-order valence-corrected chi connectivity index (χ1v) is 6.25. The topological polar surface area (TPSA) is 39.2 Å². The summed E-state index contributed by atoms with van der Waals surface area (Å²) in [5, 5.41) is 0.144. The van der Waals surface area contributed by atoms with Crippen molar-refractivity contribution in [2.45, 2.75) is 25.3 Å². The predicted octanol–water partition coefficient (Wildman–Crippen LogP) is 3.57. The highest BCUT2D eigenvalue weighted by Gasteiger charge is 2.08. The minimum Gasteiger partial charge on any atom is -0.469 e. The number of hydrogen-bond donors (Lipinski definition) is 1. The fraction of sp³-hybridized carbons (Fsp3) is 0.286. The van der Waals surface area contributed by atoms with E-state index in [-0.39, 0.29) is 11.1 Å². The normalized spacial score (nSPS) is 12.6. The van der Waals surface area contributed by atoms with Crippen LogP contribution >= 0.6 is 11.6 Å². The molecular formula is C14H15ClFNO. The average molecular weight is 268 g/mol. The third-order valence-corrected chi connectivity index (χ3v) is 3.11. The van der Waals surface area contributed by atoms with Gasteiger partial charge in [-0.1, -0.05) is 17.7 Å². The Bertz CT molecular complexity index is 499. The van der Waals surface area contributed by atoms with Gasteiger partial charge in [-0.25, -0.2) is 4.39 Å². The Morgan fingerprint density at radius 2 is 2.17 bits per heavy atom. The van der Waals surface area contributed by atoms with Crippen molar-refractivity contribution in [3.8, 4) is 0 Å². The van der Waals surface area contributed by atoms with Crippen molar-refractivity contribution in [2.75, 3.05) is 0 Å². The average Bonchev–Trinajstić information content (AvgIpc) is 2.84. The molecule has 4 heteroatoms. The van der Waals surface area contributed by atoms with E-state index in [2.05, 4.69) is 0 Å². The number of benzene rings is 1. The summed E-state index contributed by atoms with van der Waals surface area (Å²) >= 11 is 5.72. The molecule has 1 atom stereocenters. The molecule has 1 unspecified atom stereocenters. The quantitative estimate of drug-likeness (QED) is 0.899. The molecule has 2 rings (SSSR count). The second-order valence-electron chi connectivity index (χ2n) is 4.33. The number of aryl methyl sites for hydroxylation is 1. The highest BCUT2D eigenvalue weighted by Crippen LogP contribution is 2.17. The molecule has 0 aliphatic carbocycles. The zero-order chi connectivity index (χ0) is 13.0. The Morgan fingerprint density at radius 1 is 1.33 bits per heavy atom. The van der Waals surface area contributed by atoms with Crippen molar-refractivity contribution in [3.63, 3.8) is 0 Å². The lowest BCUT2D eigenvalue weighted by Crippen LogP contribution is -2.23. The molecule has 2 nitrogen and oxygen atoms in total. The van der Waals surface area contributed by atoms with Gasteiger partial charge in [-0.05, 0) is 42.7 Å². The predicted molar refractivity (Wildman–Crippen MR) is 70.1 cm³/mol. The van der Waals surface area contributed by atoms with Crippen LogP contribution in [0.1, 0.15) is 17.7 Å². The largest absolute Gasteiger partial charge is 0.469 e. The Kier molecular flexibility index (Phi) is 4.39. The lowest BCUT2D eigenvalue weighted by molar-refractivity contribution is 0.484. The first-order chi connectivity index (χ1) is 8.65. The van der Waals surface area contributed by atoms with Crippen molar-refractivity contribution < 1.29 is 8.81 Å². The van der Waals surface area contributed by atoms with E-state index in [1.54, 1.807) is 18.4 Å². The van der Waals surface area contributed by atoms with Crippen LogP contribution in [0, 0.1) is 5.82 Å². The minimum atomic E-state index is -0.399. The van der Waals surface area contributed by atoms with Gasteiger partial charge in [0.05, 0.1) is 11.3 Å². The second kappa shape index (κ2) is 6.03. The molecule has 1 aromatic heterocycles. The summed E-state index contributed by atoms with van der Waals surface area (Å²) in [6, 6.07) is 8.52. The van der Waals surface area contributed by atoms with Gasteiger partial charge in [-0.2, -0.15) is 0 Å². The van der Waals surface area contributed by atoms with Crippen molar-refractivity contribution in [1.82, 2.24) is 0 Å². The van der Waals surface area contributed by atoms with Crippen LogP contribution in [0.15, 0.2) is 41.0 Å². The molecule has 18 heavy (non-hydrogen) atoms. The van der Waals surface area contributed by atoms with Crippen molar-refractivity contribution >= 4 is 11.6 Å². The van der Waals surface area contributed by atoms with Gasteiger partial charge >= 0.3 is 0 Å². The monoisotopic (exact) mass is 267 g/mol. The fourth-order valence-corrected chi connectivity index (χ4v) is 2.06. The highest BCUT2D eigenvalue weighted by atomic mass is 35.5. The first kappa shape index (κ1) is 13.1. The molecule has 0 fully saturated rings. The molecule has 0 radical (unpaired) electrons. The Labute approximate surface area is 111 Å². The van der Waals surface area contributed by atoms with Crippen molar-refractivity contribution in [2.24, 2.45) is 5.73 Å². The van der Waals surface area contributed by atoms with Gasteiger partial charge in [0.25, 0.3) is 0 Å². The second-order valence-corrected chi connectivity index (χ2v) is 4.74. The van der Waals surface area contributed by atoms with Crippen LogP contribution in [0.2, 0.25) is 5.02 Å². The van der Waals surface area contributed by atoms with E-state index in [0.29, 0.717) is 6.42 Å². The van der Waals surface area contributed by atoms with Crippen molar-refractivity contribution in [1.29, 1.82) is 0 Å². The van der Waals surface area contributed by atoms with Gasteiger partial charge in [-0.3, -0.25) is 0 Å². The summed E-state index contributed by atoms with van der Waals surface area (Å²) in [6.45, 7) is 0. The number of rotatable bonds is 5. The number of furan rings is 1. The lowest BCUT2D eigenvalue weighted by atomic mass is 10.0. The molecule has 0 spiro atoms. The zero-order valence-corrected chi connectivity index (χ0v) is 10.7. The summed E-state index contributed by atoms with van der Waals surface area (Å²) < 4.78 is 18.2. The molecule has 1 aromatic carbocycles. The summed E-state index contributed by atoms with van der Waals surface area (Å²) in [4.78, 5) is 0. The molecule has 0 amide bonds. The Balaban J connectivity index is 1.86. The van der Waals surface area contributed by atoms with Crippen LogP contribution in [0.25, 0.3) is 0 Å². The molecule has 96 valence electrons. The van der Waals surface area contributed by atoms with Crippen LogP contribution in [-0.2, 0) is 12.8 Å². The van der Waals surface area contributed by atoms with E-state index < -0.39 is 5.82 Å². The van der Waals surface area contributed by atoms with Gasteiger partial charge in [0.2, 0.25) is 0 Å². The van der Waals surface area contributed by atoms with E-state index in [9.17, 15) is 4.39 Å². The van der Waals surface area contributed by atoms with E-state index in [1.165, 1.54) is 6.07 Å². The summed E-state index contributed by atoms with van der Waals surface area (Å²) in [6.07, 6.45) is 3.97. The maximum Gasteiger partial charge on any atom is 0.141 e. The minimum absolute atomic E-state index is 0.0108. The Morgan fingerprint density at radius 3 is 2.83 bits per heavy atom. The third kappa shape index (κ3) is 3.59. The van der Waals surface area contributed by atoms with E-state index in [1.807, 2.05) is 12.1 Å². The zero-order valence-electron chi connectivity index (χ0n) is 9.90. The molecule has 2 aromatic rings. The molecule has 1 heterocycles. The van der Waals surface area contributed by atoms with Crippen LogP contribution < -0.4 is 5.73 Å². The van der Waals surface area contributed by atoms with E-state index in [4.69, 9.17) is 21.8 Å². The van der Waals surface area contributed by atoms with Gasteiger partial charge in [0.1, 0.15) is 11.6 Å². The maximum absolute atomic E-state index is 13.0. The van der Waals surface area contributed by atoms with Crippen LogP contribution in [0.4, 0.5) is 4.39 Å². The number of hydrogen-bond acceptors (Lipinski definition) is 2. The number of halogens is 2. The standard InChI is InChI=1S/C14H15ClFNO/c15-13-9-10(3-6-14(13)16)8-11(17)4-5-12-2-1-7-18-12/h1-3,6-7,9,11H,4-5,8,17H2. The molecule has 0 saturated heterocycles. The van der Waals surface area contributed by atoms with Gasteiger partial charge in [0.15, 0.2) is 0 Å². The van der Waals surface area contributed by atoms with E-state index in [0.717, 1.165) is 24.2 Å². The van der Waals surface area contributed by atoms with Crippen LogP contribution in [0.5, 0.6) is 0 Å². The molecule has 0 bridgehead atoms.